The number of hydrogen-bond acceptors (Lipinski definition) is 5. The van der Waals surface area contributed by atoms with Crippen molar-refractivity contribution < 1.29 is 31.5 Å². The highest BCUT2D eigenvalue weighted by Crippen LogP contribution is 2.32. The fourth-order valence-corrected chi connectivity index (χ4v) is 4.09. The summed E-state index contributed by atoms with van der Waals surface area (Å²) in [6, 6.07) is 5.09. The molecule has 3 heterocycles. The number of nitrogens with zero attached hydrogens (tertiary/aromatic N) is 4. The minimum Gasteiger partial charge on any atom is -0.475 e. The normalized spacial score (nSPS) is 18.4. The summed E-state index contributed by atoms with van der Waals surface area (Å²) in [4.78, 5) is 26.7. The second-order valence-corrected chi connectivity index (χ2v) is 8.24. The standard InChI is InChI=1S/C24H21F5N4O2/c1-14-4-2-11-33(18(14)13-35-19-8-5-15(12-32-19)24(27,28)29)23(34)16-6-7-17(25)21(26)20(16)22-30-9-3-10-31-22/h3,5-10,12,14,18H,2,4,11,13H2,1H3. The molecule has 2 unspecified atom stereocenters. The van der Waals surface area contributed by atoms with Crippen molar-refractivity contribution in [2.45, 2.75) is 32.0 Å². The summed E-state index contributed by atoms with van der Waals surface area (Å²) in [5, 5.41) is 0. The van der Waals surface area contributed by atoms with Crippen molar-refractivity contribution in [2.75, 3.05) is 13.2 Å². The largest absolute Gasteiger partial charge is 0.475 e. The Balaban J connectivity index is 1.60. The predicted molar refractivity (Wildman–Crippen MR) is 115 cm³/mol. The van der Waals surface area contributed by atoms with Gasteiger partial charge in [0, 0.05) is 31.2 Å². The van der Waals surface area contributed by atoms with Crippen LogP contribution in [0.4, 0.5) is 22.0 Å². The quantitative estimate of drug-likeness (QED) is 0.461. The van der Waals surface area contributed by atoms with Crippen LogP contribution in [0.25, 0.3) is 11.4 Å². The van der Waals surface area contributed by atoms with Gasteiger partial charge in [-0.1, -0.05) is 6.92 Å². The number of piperidine rings is 1. The van der Waals surface area contributed by atoms with Crippen molar-refractivity contribution in [3.8, 4) is 17.3 Å². The number of carbonyl (C=O) groups is 1. The van der Waals surface area contributed by atoms with Gasteiger partial charge in [0.15, 0.2) is 17.5 Å². The van der Waals surface area contributed by atoms with Gasteiger partial charge in [-0.15, -0.1) is 0 Å². The van der Waals surface area contributed by atoms with Gasteiger partial charge in [-0.3, -0.25) is 4.79 Å². The fraction of sp³-hybridized carbons (Fsp3) is 0.333. The smallest absolute Gasteiger partial charge is 0.417 e. The van der Waals surface area contributed by atoms with E-state index in [9.17, 15) is 26.7 Å². The lowest BCUT2D eigenvalue weighted by molar-refractivity contribution is -0.137. The Hall–Kier alpha value is -3.63. The molecule has 11 heteroatoms. The van der Waals surface area contributed by atoms with E-state index < -0.39 is 35.3 Å². The van der Waals surface area contributed by atoms with Gasteiger partial charge < -0.3 is 9.64 Å². The Morgan fingerprint density at radius 2 is 1.86 bits per heavy atom. The second kappa shape index (κ2) is 9.93. The van der Waals surface area contributed by atoms with E-state index in [0.29, 0.717) is 19.2 Å². The monoisotopic (exact) mass is 492 g/mol. The summed E-state index contributed by atoms with van der Waals surface area (Å²) in [6.45, 7) is 2.22. The number of pyridine rings is 1. The maximum Gasteiger partial charge on any atom is 0.417 e. The van der Waals surface area contributed by atoms with Crippen LogP contribution >= 0.6 is 0 Å². The van der Waals surface area contributed by atoms with Crippen LogP contribution in [0.15, 0.2) is 48.9 Å². The Bertz CT molecular complexity index is 1190. The van der Waals surface area contributed by atoms with E-state index in [1.165, 1.54) is 29.4 Å². The molecule has 1 aromatic carbocycles. The molecule has 1 aliphatic rings. The zero-order chi connectivity index (χ0) is 25.2. The second-order valence-electron chi connectivity index (χ2n) is 8.24. The molecule has 4 rings (SSSR count). The summed E-state index contributed by atoms with van der Waals surface area (Å²) >= 11 is 0. The average Bonchev–Trinajstić information content (AvgIpc) is 2.84. The fourth-order valence-electron chi connectivity index (χ4n) is 4.09. The van der Waals surface area contributed by atoms with Crippen LogP contribution in [0.2, 0.25) is 0 Å². The maximum atomic E-state index is 14.8. The lowest BCUT2D eigenvalue weighted by Gasteiger charge is -2.40. The summed E-state index contributed by atoms with van der Waals surface area (Å²) < 4.78 is 72.8. The first kappa shape index (κ1) is 24.5. The number of ether oxygens (including phenoxy) is 1. The highest BCUT2D eigenvalue weighted by molar-refractivity contribution is 6.00. The Labute approximate surface area is 197 Å². The predicted octanol–water partition coefficient (Wildman–Crippen LogP) is 5.16. The molecule has 0 spiro atoms. The highest BCUT2D eigenvalue weighted by Gasteiger charge is 2.35. The third kappa shape index (κ3) is 5.23. The molecule has 1 fully saturated rings. The molecule has 0 N–H and O–H groups in total. The first-order valence-electron chi connectivity index (χ1n) is 10.9. The topological polar surface area (TPSA) is 68.2 Å². The molecular weight excluding hydrogens is 471 g/mol. The Morgan fingerprint density at radius 1 is 1.11 bits per heavy atom. The van der Waals surface area contributed by atoms with E-state index in [4.69, 9.17) is 4.74 Å². The molecule has 184 valence electrons. The molecule has 2 aromatic heterocycles. The number of carbonyl (C=O) groups excluding carboxylic acids is 1. The summed E-state index contributed by atoms with van der Waals surface area (Å²) in [6.07, 6.45) is 0.343. The van der Waals surface area contributed by atoms with Crippen LogP contribution in [-0.2, 0) is 6.18 Å². The van der Waals surface area contributed by atoms with Crippen molar-refractivity contribution in [2.24, 2.45) is 5.92 Å². The first-order chi connectivity index (χ1) is 16.7. The summed E-state index contributed by atoms with van der Waals surface area (Å²) in [7, 11) is 0. The number of aromatic nitrogens is 3. The minimum atomic E-state index is -4.52. The van der Waals surface area contributed by atoms with Gasteiger partial charge in [0.2, 0.25) is 5.88 Å². The van der Waals surface area contributed by atoms with Gasteiger partial charge in [0.25, 0.3) is 5.91 Å². The summed E-state index contributed by atoms with van der Waals surface area (Å²) in [5.41, 5.74) is -1.33. The van der Waals surface area contributed by atoms with Crippen LogP contribution in [0.5, 0.6) is 5.88 Å². The Kier molecular flexibility index (Phi) is 6.95. The first-order valence-corrected chi connectivity index (χ1v) is 10.9. The van der Waals surface area contributed by atoms with Gasteiger partial charge in [-0.25, -0.2) is 23.7 Å². The molecule has 3 aromatic rings. The van der Waals surface area contributed by atoms with Crippen molar-refractivity contribution >= 4 is 5.91 Å². The summed E-state index contributed by atoms with van der Waals surface area (Å²) in [5.74, 6) is -3.08. The molecule has 0 radical (unpaired) electrons. The lowest BCUT2D eigenvalue weighted by Crippen LogP contribution is -2.50. The molecule has 0 bridgehead atoms. The number of amides is 1. The number of likely N-dealkylation sites (tertiary alicyclic amines) is 1. The molecule has 1 amide bonds. The van der Waals surface area contributed by atoms with Crippen LogP contribution < -0.4 is 4.74 Å². The van der Waals surface area contributed by atoms with E-state index in [2.05, 4.69) is 15.0 Å². The number of rotatable bonds is 5. The zero-order valence-electron chi connectivity index (χ0n) is 18.6. The van der Waals surface area contributed by atoms with E-state index in [1.54, 1.807) is 0 Å². The van der Waals surface area contributed by atoms with E-state index >= 15 is 0 Å². The number of hydrogen-bond donors (Lipinski definition) is 0. The third-order valence-electron chi connectivity index (χ3n) is 5.96. The Morgan fingerprint density at radius 3 is 2.51 bits per heavy atom. The molecule has 1 saturated heterocycles. The molecular formula is C24H21F5N4O2. The lowest BCUT2D eigenvalue weighted by atomic mass is 9.90. The van der Waals surface area contributed by atoms with Gasteiger partial charge >= 0.3 is 6.18 Å². The van der Waals surface area contributed by atoms with Crippen molar-refractivity contribution in [3.05, 3.63) is 71.7 Å². The van der Waals surface area contributed by atoms with E-state index in [-0.39, 0.29) is 35.4 Å². The molecule has 0 aliphatic carbocycles. The van der Waals surface area contributed by atoms with Gasteiger partial charge in [0.05, 0.1) is 22.7 Å². The van der Waals surface area contributed by atoms with Crippen LogP contribution in [0.3, 0.4) is 0 Å². The highest BCUT2D eigenvalue weighted by atomic mass is 19.4. The van der Waals surface area contributed by atoms with Crippen LogP contribution in [0, 0.1) is 17.6 Å². The molecule has 6 nitrogen and oxygen atoms in total. The van der Waals surface area contributed by atoms with Crippen LogP contribution in [0.1, 0.15) is 35.7 Å². The van der Waals surface area contributed by atoms with Gasteiger partial charge in [0.1, 0.15) is 6.61 Å². The van der Waals surface area contributed by atoms with Crippen molar-refractivity contribution in [1.82, 2.24) is 19.9 Å². The van der Waals surface area contributed by atoms with E-state index in [0.717, 1.165) is 24.6 Å². The number of halogens is 5. The van der Waals surface area contributed by atoms with E-state index in [1.807, 2.05) is 6.92 Å². The zero-order valence-corrected chi connectivity index (χ0v) is 18.6. The number of alkyl halides is 3. The molecule has 1 aliphatic heterocycles. The maximum absolute atomic E-state index is 14.8. The van der Waals surface area contributed by atoms with Crippen molar-refractivity contribution in [3.63, 3.8) is 0 Å². The van der Waals surface area contributed by atoms with Gasteiger partial charge in [-0.05, 0) is 43.0 Å². The SMILES string of the molecule is CC1CCCN(C(=O)c2ccc(F)c(F)c2-c2ncccn2)C1COc1ccc(C(F)(F)F)cn1. The molecule has 35 heavy (non-hydrogen) atoms. The van der Waals surface area contributed by atoms with Crippen molar-refractivity contribution in [1.29, 1.82) is 0 Å². The minimum absolute atomic E-state index is 0.0191. The van der Waals surface area contributed by atoms with Gasteiger partial charge in [-0.2, -0.15) is 13.2 Å². The van der Waals surface area contributed by atoms with Crippen LogP contribution in [-0.4, -0.2) is 45.0 Å². The molecule has 0 saturated carbocycles. The number of benzene rings is 1. The molecule has 2 atom stereocenters. The third-order valence-corrected chi connectivity index (χ3v) is 5.96. The average molecular weight is 492 g/mol.